The van der Waals surface area contributed by atoms with Crippen LogP contribution in [0.2, 0.25) is 0 Å². The molecule has 0 spiro atoms. The van der Waals surface area contributed by atoms with Crippen LogP contribution in [0.4, 0.5) is 4.39 Å². The average Bonchev–Trinajstić information content (AvgIpc) is 2.64. The molecule has 1 amide bonds. The van der Waals surface area contributed by atoms with Crippen molar-refractivity contribution in [2.24, 2.45) is 0 Å². The Bertz CT molecular complexity index is 981. The van der Waals surface area contributed by atoms with Crippen LogP contribution in [0.5, 0.6) is 0 Å². The van der Waals surface area contributed by atoms with Crippen molar-refractivity contribution in [3.63, 3.8) is 0 Å². The van der Waals surface area contributed by atoms with E-state index in [1.807, 2.05) is 31.2 Å². The van der Waals surface area contributed by atoms with E-state index in [0.29, 0.717) is 11.3 Å². The van der Waals surface area contributed by atoms with Gasteiger partial charge in [-0.2, -0.15) is 5.10 Å². The van der Waals surface area contributed by atoms with Gasteiger partial charge in [-0.05, 0) is 19.1 Å². The van der Waals surface area contributed by atoms with E-state index >= 15 is 0 Å². The highest BCUT2D eigenvalue weighted by atomic mass is 19.1. The SMILES string of the molecule is Cc1ccc(-c2ccc(=O)n(CC(=O)NCc3ccccc3F)n2)cc1. The van der Waals surface area contributed by atoms with Crippen molar-refractivity contribution in [2.45, 2.75) is 20.0 Å². The van der Waals surface area contributed by atoms with Gasteiger partial charge in [0.05, 0.1) is 5.69 Å². The Morgan fingerprint density at radius 2 is 1.81 bits per heavy atom. The Morgan fingerprint density at radius 1 is 1.08 bits per heavy atom. The zero-order valence-corrected chi connectivity index (χ0v) is 14.3. The number of halogens is 1. The van der Waals surface area contributed by atoms with Gasteiger partial charge in [0.15, 0.2) is 0 Å². The van der Waals surface area contributed by atoms with Gasteiger partial charge in [-0.3, -0.25) is 9.59 Å². The van der Waals surface area contributed by atoms with Gasteiger partial charge in [0.1, 0.15) is 12.4 Å². The molecule has 1 heterocycles. The molecule has 0 atom stereocenters. The first kappa shape index (κ1) is 17.5. The lowest BCUT2D eigenvalue weighted by Crippen LogP contribution is -2.33. The van der Waals surface area contributed by atoms with Crippen LogP contribution in [0.15, 0.2) is 65.5 Å². The lowest BCUT2D eigenvalue weighted by molar-refractivity contribution is -0.122. The minimum atomic E-state index is -0.413. The normalized spacial score (nSPS) is 10.5. The molecule has 26 heavy (non-hydrogen) atoms. The maximum absolute atomic E-state index is 13.6. The highest BCUT2D eigenvalue weighted by Gasteiger charge is 2.09. The van der Waals surface area contributed by atoms with Crippen LogP contribution in [0.3, 0.4) is 0 Å². The minimum Gasteiger partial charge on any atom is -0.350 e. The summed E-state index contributed by atoms with van der Waals surface area (Å²) in [4.78, 5) is 24.1. The van der Waals surface area contributed by atoms with Crippen LogP contribution in [-0.2, 0) is 17.9 Å². The molecule has 0 bridgehead atoms. The molecule has 1 N–H and O–H groups in total. The molecule has 5 nitrogen and oxygen atoms in total. The first-order valence-electron chi connectivity index (χ1n) is 8.18. The molecule has 3 aromatic rings. The molecule has 2 aromatic carbocycles. The lowest BCUT2D eigenvalue weighted by atomic mass is 10.1. The number of carbonyl (C=O) groups excluding carboxylic acids is 1. The number of nitrogens with one attached hydrogen (secondary N) is 1. The van der Waals surface area contributed by atoms with Gasteiger partial charge in [-0.15, -0.1) is 0 Å². The lowest BCUT2D eigenvalue weighted by Gasteiger charge is -2.09. The Kier molecular flexibility index (Phi) is 5.22. The van der Waals surface area contributed by atoms with Crippen LogP contribution < -0.4 is 10.9 Å². The molecule has 0 saturated carbocycles. The molecule has 6 heteroatoms. The Balaban J connectivity index is 1.71. The van der Waals surface area contributed by atoms with Crippen LogP contribution in [0, 0.1) is 12.7 Å². The Hall–Kier alpha value is -3.28. The van der Waals surface area contributed by atoms with E-state index in [2.05, 4.69) is 10.4 Å². The van der Waals surface area contributed by atoms with Crippen LogP contribution in [-0.4, -0.2) is 15.7 Å². The third-order valence-corrected chi connectivity index (χ3v) is 3.94. The standard InChI is InChI=1S/C20H18FN3O2/c1-14-6-8-15(9-7-14)18-10-11-20(26)24(23-18)13-19(25)22-12-16-4-2-3-5-17(16)21/h2-11H,12-13H2,1H3,(H,22,25). The van der Waals surface area contributed by atoms with Gasteiger partial charge in [-0.1, -0.05) is 48.0 Å². The van der Waals surface area contributed by atoms with E-state index in [0.717, 1.165) is 15.8 Å². The zero-order chi connectivity index (χ0) is 18.5. The fraction of sp³-hybridized carbons (Fsp3) is 0.150. The molecular formula is C20H18FN3O2. The maximum atomic E-state index is 13.6. The van der Waals surface area contributed by atoms with Gasteiger partial charge >= 0.3 is 0 Å². The van der Waals surface area contributed by atoms with E-state index in [1.165, 1.54) is 12.1 Å². The van der Waals surface area contributed by atoms with E-state index in [9.17, 15) is 14.0 Å². The van der Waals surface area contributed by atoms with Crippen LogP contribution in [0.25, 0.3) is 11.3 Å². The van der Waals surface area contributed by atoms with Gasteiger partial charge < -0.3 is 5.32 Å². The van der Waals surface area contributed by atoms with Crippen molar-refractivity contribution in [2.75, 3.05) is 0 Å². The number of hydrogen-bond donors (Lipinski definition) is 1. The number of aromatic nitrogens is 2. The summed E-state index contributed by atoms with van der Waals surface area (Å²) >= 11 is 0. The zero-order valence-electron chi connectivity index (χ0n) is 14.3. The largest absolute Gasteiger partial charge is 0.350 e. The third-order valence-electron chi connectivity index (χ3n) is 3.94. The molecule has 0 fully saturated rings. The number of benzene rings is 2. The number of aryl methyl sites for hydroxylation is 1. The summed E-state index contributed by atoms with van der Waals surface area (Å²) in [5, 5.41) is 6.86. The summed E-state index contributed by atoms with van der Waals surface area (Å²) in [6.45, 7) is 1.81. The van der Waals surface area contributed by atoms with Crippen molar-refractivity contribution in [1.82, 2.24) is 15.1 Å². The first-order valence-corrected chi connectivity index (χ1v) is 8.18. The number of hydrogen-bond acceptors (Lipinski definition) is 3. The molecule has 0 aliphatic rings. The molecular weight excluding hydrogens is 333 g/mol. The highest BCUT2D eigenvalue weighted by Crippen LogP contribution is 2.15. The molecule has 0 aliphatic heterocycles. The van der Waals surface area contributed by atoms with Gasteiger partial charge in [-0.25, -0.2) is 9.07 Å². The van der Waals surface area contributed by atoms with Crippen molar-refractivity contribution in [3.05, 3.63) is 88.0 Å². The van der Waals surface area contributed by atoms with E-state index in [4.69, 9.17) is 0 Å². The smallest absolute Gasteiger partial charge is 0.267 e. The van der Waals surface area contributed by atoms with Crippen LogP contribution >= 0.6 is 0 Å². The van der Waals surface area contributed by atoms with Crippen LogP contribution in [0.1, 0.15) is 11.1 Å². The van der Waals surface area contributed by atoms with E-state index in [1.54, 1.807) is 24.3 Å². The predicted molar refractivity (Wildman–Crippen MR) is 96.9 cm³/mol. The van der Waals surface area contributed by atoms with Gasteiger partial charge in [0.25, 0.3) is 5.56 Å². The number of carbonyl (C=O) groups is 1. The second-order valence-corrected chi connectivity index (χ2v) is 5.95. The summed E-state index contributed by atoms with van der Waals surface area (Å²) in [7, 11) is 0. The molecule has 132 valence electrons. The second-order valence-electron chi connectivity index (χ2n) is 5.95. The maximum Gasteiger partial charge on any atom is 0.267 e. The number of rotatable bonds is 5. The fourth-order valence-corrected chi connectivity index (χ4v) is 2.47. The molecule has 0 aliphatic carbocycles. The van der Waals surface area contributed by atoms with Crippen molar-refractivity contribution in [1.29, 1.82) is 0 Å². The molecule has 0 unspecified atom stereocenters. The second kappa shape index (κ2) is 7.74. The van der Waals surface area contributed by atoms with Crippen molar-refractivity contribution < 1.29 is 9.18 Å². The third kappa shape index (κ3) is 4.22. The summed E-state index contributed by atoms with van der Waals surface area (Å²) < 4.78 is 14.7. The monoisotopic (exact) mass is 351 g/mol. The van der Waals surface area contributed by atoms with Crippen molar-refractivity contribution >= 4 is 5.91 Å². The molecule has 3 rings (SSSR count). The predicted octanol–water partition coefficient (Wildman–Crippen LogP) is 2.67. The summed E-state index contributed by atoms with van der Waals surface area (Å²) in [6, 6.07) is 16.9. The topological polar surface area (TPSA) is 64.0 Å². The summed E-state index contributed by atoms with van der Waals surface area (Å²) in [5.41, 5.74) is 2.59. The molecule has 0 saturated heterocycles. The van der Waals surface area contributed by atoms with E-state index < -0.39 is 5.91 Å². The number of nitrogens with zero attached hydrogens (tertiary/aromatic N) is 2. The quantitative estimate of drug-likeness (QED) is 0.769. The molecule has 1 aromatic heterocycles. The van der Waals surface area contributed by atoms with Gasteiger partial charge in [0.2, 0.25) is 5.91 Å². The van der Waals surface area contributed by atoms with Gasteiger partial charge in [0, 0.05) is 23.7 Å². The summed E-state index contributed by atoms with van der Waals surface area (Å²) in [6.07, 6.45) is 0. The fourth-order valence-electron chi connectivity index (χ4n) is 2.47. The summed E-state index contributed by atoms with van der Waals surface area (Å²) in [5.74, 6) is -0.798. The van der Waals surface area contributed by atoms with Crippen molar-refractivity contribution in [3.8, 4) is 11.3 Å². The Morgan fingerprint density at radius 3 is 2.54 bits per heavy atom. The van der Waals surface area contributed by atoms with E-state index in [-0.39, 0.29) is 24.5 Å². The molecule has 0 radical (unpaired) electrons. The number of amides is 1. The Labute approximate surface area is 150 Å². The average molecular weight is 351 g/mol. The first-order chi connectivity index (χ1) is 12.5. The highest BCUT2D eigenvalue weighted by molar-refractivity contribution is 5.75. The minimum absolute atomic E-state index is 0.0535.